The molecule has 8 heteroatoms. The predicted molar refractivity (Wildman–Crippen MR) is 157 cm³/mol. The third kappa shape index (κ3) is 6.22. The Hall–Kier alpha value is -4.85. The first kappa shape index (κ1) is 28.7. The number of amides is 1. The smallest absolute Gasteiger partial charge is 0.406 e. The second-order valence-electron chi connectivity index (χ2n) is 10.2. The number of carbonyl (C=O) groups excluding carboxylic acids is 2. The van der Waals surface area contributed by atoms with E-state index in [1.165, 1.54) is 18.2 Å². The maximum absolute atomic E-state index is 12.9. The maximum Gasteiger partial charge on any atom is 0.573 e. The zero-order chi connectivity index (χ0) is 30.0. The normalized spacial score (nSPS) is 11.5. The third-order valence-corrected chi connectivity index (χ3v) is 7.40. The van der Waals surface area contributed by atoms with Crippen LogP contribution in [0.4, 0.5) is 13.2 Å². The van der Waals surface area contributed by atoms with Gasteiger partial charge in [-0.1, -0.05) is 60.7 Å². The lowest BCUT2D eigenvalue weighted by atomic mass is 9.97. The molecular weight excluding hydrogens is 541 g/mol. The van der Waals surface area contributed by atoms with Crippen molar-refractivity contribution in [3.05, 3.63) is 125 Å². The Kier molecular flexibility index (Phi) is 7.89. The van der Waals surface area contributed by atoms with Crippen molar-refractivity contribution in [2.24, 2.45) is 0 Å². The molecule has 0 bridgehead atoms. The highest BCUT2D eigenvalue weighted by molar-refractivity contribution is 6.01. The van der Waals surface area contributed by atoms with Gasteiger partial charge in [-0.3, -0.25) is 9.59 Å². The SMILES string of the molecule is CC(=O)c1ccccc1-c1ccc(Cn2c(C)c(C)c3cc(C(=O)NCc4cccc(OC(F)(F)F)c4)ccc32)cc1. The lowest BCUT2D eigenvalue weighted by molar-refractivity contribution is -0.274. The van der Waals surface area contributed by atoms with E-state index in [0.717, 1.165) is 38.9 Å². The lowest BCUT2D eigenvalue weighted by Gasteiger charge is -2.12. The molecule has 0 saturated heterocycles. The average Bonchev–Trinajstić information content (AvgIpc) is 3.19. The van der Waals surface area contributed by atoms with Gasteiger partial charge >= 0.3 is 6.36 Å². The van der Waals surface area contributed by atoms with Gasteiger partial charge in [0.25, 0.3) is 5.91 Å². The molecule has 214 valence electrons. The Morgan fingerprint density at radius 3 is 2.31 bits per heavy atom. The summed E-state index contributed by atoms with van der Waals surface area (Å²) in [5.41, 5.74) is 7.74. The van der Waals surface area contributed by atoms with Gasteiger partial charge in [0.05, 0.1) is 0 Å². The van der Waals surface area contributed by atoms with Crippen LogP contribution in [0, 0.1) is 13.8 Å². The summed E-state index contributed by atoms with van der Waals surface area (Å²) in [4.78, 5) is 25.0. The molecule has 1 aromatic heterocycles. The molecule has 42 heavy (non-hydrogen) atoms. The van der Waals surface area contributed by atoms with Crippen molar-refractivity contribution in [2.45, 2.75) is 40.2 Å². The number of hydrogen-bond acceptors (Lipinski definition) is 3. The second kappa shape index (κ2) is 11.6. The summed E-state index contributed by atoms with van der Waals surface area (Å²) in [7, 11) is 0. The van der Waals surface area contributed by atoms with Crippen LogP contribution in [0.2, 0.25) is 0 Å². The number of alkyl halides is 3. The van der Waals surface area contributed by atoms with Crippen LogP contribution in [0.25, 0.3) is 22.0 Å². The van der Waals surface area contributed by atoms with Gasteiger partial charge in [0.1, 0.15) is 5.75 Å². The van der Waals surface area contributed by atoms with E-state index in [9.17, 15) is 22.8 Å². The van der Waals surface area contributed by atoms with Gasteiger partial charge in [0, 0.05) is 40.8 Å². The number of Topliss-reactive ketones (excluding diaryl/α,β-unsaturated/α-hetero) is 1. The molecule has 0 atom stereocenters. The largest absolute Gasteiger partial charge is 0.573 e. The van der Waals surface area contributed by atoms with Gasteiger partial charge in [0.2, 0.25) is 0 Å². The molecule has 0 spiro atoms. The van der Waals surface area contributed by atoms with E-state index in [0.29, 0.717) is 23.2 Å². The number of aromatic nitrogens is 1. The number of fused-ring (bicyclic) bond motifs is 1. The first-order chi connectivity index (χ1) is 20.0. The van der Waals surface area contributed by atoms with Crippen molar-refractivity contribution in [2.75, 3.05) is 0 Å². The summed E-state index contributed by atoms with van der Waals surface area (Å²) in [5, 5.41) is 3.73. The molecule has 1 heterocycles. The van der Waals surface area contributed by atoms with Crippen LogP contribution in [0.5, 0.6) is 5.75 Å². The highest BCUT2D eigenvalue weighted by atomic mass is 19.4. The molecule has 0 radical (unpaired) electrons. The molecule has 0 aliphatic rings. The average molecular weight is 571 g/mol. The first-order valence-corrected chi connectivity index (χ1v) is 13.4. The third-order valence-electron chi connectivity index (χ3n) is 7.40. The summed E-state index contributed by atoms with van der Waals surface area (Å²) in [6.45, 7) is 6.32. The molecule has 0 fully saturated rings. The summed E-state index contributed by atoms with van der Waals surface area (Å²) >= 11 is 0. The molecule has 5 aromatic rings. The Morgan fingerprint density at radius 2 is 1.60 bits per heavy atom. The Labute approximate surface area is 241 Å². The molecule has 0 aliphatic carbocycles. The number of nitrogens with one attached hydrogen (secondary N) is 1. The Bertz CT molecular complexity index is 1790. The number of ketones is 1. The zero-order valence-electron chi connectivity index (χ0n) is 23.4. The summed E-state index contributed by atoms with van der Waals surface area (Å²) in [5.74, 6) is -0.638. The number of hydrogen-bond donors (Lipinski definition) is 1. The van der Waals surface area contributed by atoms with Gasteiger partial charge in [0.15, 0.2) is 5.78 Å². The highest BCUT2D eigenvalue weighted by Crippen LogP contribution is 2.29. The van der Waals surface area contributed by atoms with Gasteiger partial charge in [-0.05, 0) is 78.9 Å². The van der Waals surface area contributed by atoms with Crippen LogP contribution >= 0.6 is 0 Å². The van der Waals surface area contributed by atoms with Crippen molar-refractivity contribution in [3.8, 4) is 16.9 Å². The Balaban J connectivity index is 1.32. The molecule has 4 aromatic carbocycles. The molecular formula is C34H29F3N2O3. The molecule has 5 nitrogen and oxygen atoms in total. The maximum atomic E-state index is 12.9. The number of aryl methyl sites for hydroxylation is 1. The van der Waals surface area contributed by atoms with E-state index in [-0.39, 0.29) is 24.0 Å². The molecule has 5 rings (SSSR count). The Morgan fingerprint density at radius 1 is 0.857 bits per heavy atom. The zero-order valence-corrected chi connectivity index (χ0v) is 23.4. The minimum Gasteiger partial charge on any atom is -0.406 e. The van der Waals surface area contributed by atoms with Crippen molar-refractivity contribution in [1.29, 1.82) is 0 Å². The van der Waals surface area contributed by atoms with Gasteiger partial charge in [-0.2, -0.15) is 0 Å². The standard InChI is InChI=1S/C34H29F3N2O3/c1-21-22(2)39(20-24-11-13-26(14-12-24)30-10-5-4-9-29(30)23(3)40)32-16-15-27(18-31(21)32)33(41)38-19-25-7-6-8-28(17-25)42-34(35,36)37/h4-18H,19-20H2,1-3H3,(H,38,41). The molecule has 0 saturated carbocycles. The topological polar surface area (TPSA) is 60.3 Å². The summed E-state index contributed by atoms with van der Waals surface area (Å²) in [6.07, 6.45) is -4.78. The fraction of sp³-hybridized carbons (Fsp3) is 0.176. The molecule has 0 unspecified atom stereocenters. The summed E-state index contributed by atoms with van der Waals surface area (Å²) < 4.78 is 43.8. The van der Waals surface area contributed by atoms with E-state index in [1.807, 2.05) is 62.4 Å². The molecule has 1 amide bonds. The predicted octanol–water partition coefficient (Wildman–Crippen LogP) is 8.00. The van der Waals surface area contributed by atoms with Crippen LogP contribution in [-0.4, -0.2) is 22.6 Å². The van der Waals surface area contributed by atoms with Gasteiger partial charge in [-0.25, -0.2) is 0 Å². The number of ether oxygens (including phenoxy) is 1. The van der Waals surface area contributed by atoms with Crippen molar-refractivity contribution >= 4 is 22.6 Å². The van der Waals surface area contributed by atoms with Crippen molar-refractivity contribution < 1.29 is 27.5 Å². The van der Waals surface area contributed by atoms with Gasteiger partial charge in [-0.15, -0.1) is 13.2 Å². The first-order valence-electron chi connectivity index (χ1n) is 13.4. The molecule has 0 aliphatic heterocycles. The number of benzene rings is 4. The number of carbonyl (C=O) groups is 2. The monoisotopic (exact) mass is 570 g/mol. The second-order valence-corrected chi connectivity index (χ2v) is 10.2. The van der Waals surface area contributed by atoms with Crippen LogP contribution < -0.4 is 10.1 Å². The lowest BCUT2D eigenvalue weighted by Crippen LogP contribution is -2.23. The van der Waals surface area contributed by atoms with Crippen LogP contribution in [0.15, 0.2) is 91.0 Å². The van der Waals surface area contributed by atoms with E-state index in [1.54, 1.807) is 19.1 Å². The molecule has 1 N–H and O–H groups in total. The number of rotatable bonds is 8. The van der Waals surface area contributed by atoms with Crippen molar-refractivity contribution in [3.63, 3.8) is 0 Å². The highest BCUT2D eigenvalue weighted by Gasteiger charge is 2.31. The van der Waals surface area contributed by atoms with Crippen LogP contribution in [-0.2, 0) is 13.1 Å². The fourth-order valence-corrected chi connectivity index (χ4v) is 5.15. The van der Waals surface area contributed by atoms with E-state index >= 15 is 0 Å². The fourth-order valence-electron chi connectivity index (χ4n) is 5.15. The van der Waals surface area contributed by atoms with Crippen molar-refractivity contribution in [1.82, 2.24) is 9.88 Å². The minimum absolute atomic E-state index is 0.0253. The quantitative estimate of drug-likeness (QED) is 0.192. The van der Waals surface area contributed by atoms with Crippen LogP contribution in [0.1, 0.15) is 50.0 Å². The van der Waals surface area contributed by atoms with E-state index < -0.39 is 6.36 Å². The van der Waals surface area contributed by atoms with Crippen LogP contribution in [0.3, 0.4) is 0 Å². The van der Waals surface area contributed by atoms with E-state index in [2.05, 4.69) is 26.8 Å². The summed E-state index contributed by atoms with van der Waals surface area (Å²) in [6, 6.07) is 26.8. The number of halogens is 3. The minimum atomic E-state index is -4.78. The van der Waals surface area contributed by atoms with Gasteiger partial charge < -0.3 is 14.6 Å². The van der Waals surface area contributed by atoms with E-state index in [4.69, 9.17) is 0 Å². The number of nitrogens with zero attached hydrogens (tertiary/aromatic N) is 1.